The molecule has 1 aliphatic heterocycles. The maximum Gasteiger partial charge on any atom is 0.358 e. The average molecular weight is 378 g/mol. The quantitative estimate of drug-likeness (QED) is 0.768. The van der Waals surface area contributed by atoms with E-state index in [2.05, 4.69) is 9.97 Å². The number of esters is 1. The largest absolute Gasteiger partial charge is 0.461 e. The summed E-state index contributed by atoms with van der Waals surface area (Å²) in [5.74, 6) is -0.549. The Balaban J connectivity index is 1.48. The van der Waals surface area contributed by atoms with Crippen LogP contribution in [0.3, 0.4) is 0 Å². The summed E-state index contributed by atoms with van der Waals surface area (Å²) in [6, 6.07) is 3.53. The Morgan fingerprint density at radius 1 is 1.48 bits per heavy atom. The van der Waals surface area contributed by atoms with Crippen LogP contribution in [0, 0.1) is 5.92 Å². The van der Waals surface area contributed by atoms with Gasteiger partial charge in [0.1, 0.15) is 12.0 Å². The lowest BCUT2D eigenvalue weighted by molar-refractivity contribution is 0.0520. The van der Waals surface area contributed by atoms with Gasteiger partial charge in [0.25, 0.3) is 0 Å². The minimum absolute atomic E-state index is 0.0134. The molecule has 1 aliphatic carbocycles. The van der Waals surface area contributed by atoms with Gasteiger partial charge in [0.2, 0.25) is 0 Å². The molecule has 1 N–H and O–H groups in total. The van der Waals surface area contributed by atoms with Crippen LogP contribution in [0.4, 0.5) is 14.6 Å². The summed E-state index contributed by atoms with van der Waals surface area (Å²) in [7, 11) is 0. The molecule has 0 radical (unpaired) electrons. The van der Waals surface area contributed by atoms with Gasteiger partial charge in [-0.15, -0.1) is 0 Å². The highest BCUT2D eigenvalue weighted by molar-refractivity contribution is 5.86. The van der Waals surface area contributed by atoms with Gasteiger partial charge in [0, 0.05) is 18.7 Å². The highest BCUT2D eigenvalue weighted by Crippen LogP contribution is 2.55. The van der Waals surface area contributed by atoms with Gasteiger partial charge in [-0.25, -0.2) is 23.5 Å². The molecule has 4 rings (SSSR count). The molecule has 3 heterocycles. The van der Waals surface area contributed by atoms with Gasteiger partial charge in [-0.2, -0.15) is 0 Å². The van der Waals surface area contributed by atoms with Crippen LogP contribution in [0.2, 0.25) is 0 Å². The minimum Gasteiger partial charge on any atom is -0.461 e. The third kappa shape index (κ3) is 3.05. The van der Waals surface area contributed by atoms with Crippen molar-refractivity contribution in [2.24, 2.45) is 5.92 Å². The van der Waals surface area contributed by atoms with E-state index in [4.69, 9.17) is 4.74 Å². The molecule has 0 spiro atoms. The standard InChI is InChI=1S/C18H20F2N4O3/c1-2-27-17(26)13-7-23(10-21-13)5-11-3-4-15(22-14(11)8-25)24-6-12-16(19)18(12,20)9-24/h3-4,7,10,12,16,25H,2,5-6,8-9H2,1H3. The molecule has 7 nitrogen and oxygen atoms in total. The van der Waals surface area contributed by atoms with Gasteiger partial charge < -0.3 is 19.3 Å². The number of alkyl halides is 2. The zero-order valence-electron chi connectivity index (χ0n) is 14.8. The number of imidazole rings is 1. The first kappa shape index (κ1) is 17.8. The van der Waals surface area contributed by atoms with Crippen molar-refractivity contribution in [2.45, 2.75) is 31.9 Å². The summed E-state index contributed by atoms with van der Waals surface area (Å²) in [6.07, 6.45) is 1.69. The van der Waals surface area contributed by atoms with Crippen molar-refractivity contribution in [1.29, 1.82) is 0 Å². The number of anilines is 1. The maximum atomic E-state index is 14.1. The maximum absolute atomic E-state index is 14.1. The van der Waals surface area contributed by atoms with E-state index in [1.165, 1.54) is 6.33 Å². The second-order valence-electron chi connectivity index (χ2n) is 6.90. The Bertz CT molecular complexity index is 874. The molecule has 3 atom stereocenters. The summed E-state index contributed by atoms with van der Waals surface area (Å²) in [6.45, 7) is 2.34. The van der Waals surface area contributed by atoms with E-state index in [0.717, 1.165) is 5.56 Å². The number of fused-ring (bicyclic) bond motifs is 1. The van der Waals surface area contributed by atoms with Crippen molar-refractivity contribution >= 4 is 11.8 Å². The molecule has 2 aromatic rings. The van der Waals surface area contributed by atoms with Crippen molar-refractivity contribution in [3.63, 3.8) is 0 Å². The molecule has 1 saturated carbocycles. The predicted molar refractivity (Wildman–Crippen MR) is 91.9 cm³/mol. The molecule has 3 unspecified atom stereocenters. The molecule has 9 heteroatoms. The first-order valence-corrected chi connectivity index (χ1v) is 8.82. The fourth-order valence-electron chi connectivity index (χ4n) is 3.58. The van der Waals surface area contributed by atoms with Crippen molar-refractivity contribution in [3.05, 3.63) is 41.6 Å². The molecule has 2 aromatic heterocycles. The molecule has 2 aliphatic rings. The third-order valence-electron chi connectivity index (χ3n) is 5.17. The molecule has 144 valence electrons. The van der Waals surface area contributed by atoms with Crippen molar-refractivity contribution in [1.82, 2.24) is 14.5 Å². The van der Waals surface area contributed by atoms with Crippen LogP contribution in [0.5, 0.6) is 0 Å². The van der Waals surface area contributed by atoms with Gasteiger partial charge in [-0.1, -0.05) is 6.07 Å². The van der Waals surface area contributed by atoms with E-state index in [1.807, 2.05) is 0 Å². The Kier molecular flexibility index (Phi) is 4.33. The fourth-order valence-corrected chi connectivity index (χ4v) is 3.58. The highest BCUT2D eigenvalue weighted by Gasteiger charge is 2.72. The fraction of sp³-hybridized carbons (Fsp3) is 0.500. The Morgan fingerprint density at radius 3 is 2.96 bits per heavy atom. The molecule has 0 bridgehead atoms. The number of aliphatic hydroxyl groups excluding tert-OH is 1. The van der Waals surface area contributed by atoms with Gasteiger partial charge in [-0.05, 0) is 18.6 Å². The molecular weight excluding hydrogens is 358 g/mol. The lowest BCUT2D eigenvalue weighted by atomic mass is 10.2. The minimum atomic E-state index is -1.75. The SMILES string of the molecule is CCOC(=O)c1cn(Cc2ccc(N3CC4C(F)C4(F)C3)nc2CO)cn1. The van der Waals surface area contributed by atoms with Crippen molar-refractivity contribution < 1.29 is 23.4 Å². The normalized spacial score (nSPS) is 26.1. The number of aliphatic hydroxyl groups is 1. The average Bonchev–Trinajstić information content (AvgIpc) is 3.07. The Hall–Kier alpha value is -2.55. The lowest BCUT2D eigenvalue weighted by Gasteiger charge is -2.21. The Labute approximate surface area is 154 Å². The number of pyridine rings is 1. The van der Waals surface area contributed by atoms with Gasteiger partial charge in [0.15, 0.2) is 11.4 Å². The topological polar surface area (TPSA) is 80.5 Å². The second-order valence-corrected chi connectivity index (χ2v) is 6.90. The first-order chi connectivity index (χ1) is 13.0. The van der Waals surface area contributed by atoms with Crippen LogP contribution in [0.1, 0.15) is 28.7 Å². The molecule has 0 aromatic carbocycles. The summed E-state index contributed by atoms with van der Waals surface area (Å²) < 4.78 is 34.1. The monoisotopic (exact) mass is 378 g/mol. The number of carbonyl (C=O) groups is 1. The predicted octanol–water partition coefficient (Wildman–Crippen LogP) is 1.49. The Morgan fingerprint density at radius 2 is 2.30 bits per heavy atom. The summed E-state index contributed by atoms with van der Waals surface area (Å²) >= 11 is 0. The second kappa shape index (κ2) is 6.56. The van der Waals surface area contributed by atoms with E-state index in [1.54, 1.807) is 34.7 Å². The van der Waals surface area contributed by atoms with Crippen molar-refractivity contribution in [2.75, 3.05) is 24.6 Å². The number of nitrogens with zero attached hydrogens (tertiary/aromatic N) is 4. The number of aromatic nitrogens is 3. The van der Waals surface area contributed by atoms with Crippen LogP contribution in [0.15, 0.2) is 24.7 Å². The van der Waals surface area contributed by atoms with Crippen LogP contribution >= 0.6 is 0 Å². The summed E-state index contributed by atoms with van der Waals surface area (Å²) in [5, 5.41) is 9.67. The molecular formula is C18H20F2N4O3. The van der Waals surface area contributed by atoms with E-state index >= 15 is 0 Å². The number of ether oxygens (including phenoxy) is 1. The van der Waals surface area contributed by atoms with E-state index in [0.29, 0.717) is 24.6 Å². The van der Waals surface area contributed by atoms with E-state index < -0.39 is 23.7 Å². The highest BCUT2D eigenvalue weighted by atomic mass is 19.2. The molecule has 2 fully saturated rings. The lowest BCUT2D eigenvalue weighted by Crippen LogP contribution is -2.29. The number of hydrogen-bond acceptors (Lipinski definition) is 6. The number of carbonyl (C=O) groups excluding carboxylic acids is 1. The third-order valence-corrected chi connectivity index (χ3v) is 5.17. The first-order valence-electron chi connectivity index (χ1n) is 8.82. The number of rotatable bonds is 6. The van der Waals surface area contributed by atoms with Crippen LogP contribution < -0.4 is 4.90 Å². The van der Waals surface area contributed by atoms with Crippen LogP contribution in [-0.2, 0) is 17.9 Å². The summed E-state index contributed by atoms with van der Waals surface area (Å²) in [4.78, 5) is 21.8. The zero-order valence-corrected chi connectivity index (χ0v) is 14.8. The van der Waals surface area contributed by atoms with Crippen LogP contribution in [0.25, 0.3) is 0 Å². The molecule has 0 amide bonds. The van der Waals surface area contributed by atoms with Crippen LogP contribution in [-0.4, -0.2) is 57.1 Å². The van der Waals surface area contributed by atoms with Gasteiger partial charge >= 0.3 is 5.97 Å². The number of piperidine rings is 1. The molecule has 1 saturated heterocycles. The van der Waals surface area contributed by atoms with E-state index in [-0.39, 0.29) is 25.5 Å². The summed E-state index contributed by atoms with van der Waals surface area (Å²) in [5.41, 5.74) is -0.349. The number of hydrogen-bond donors (Lipinski definition) is 1. The van der Waals surface area contributed by atoms with Gasteiger partial charge in [0.05, 0.1) is 38.3 Å². The van der Waals surface area contributed by atoms with E-state index in [9.17, 15) is 18.7 Å². The zero-order chi connectivity index (χ0) is 19.2. The smallest absolute Gasteiger partial charge is 0.358 e. The van der Waals surface area contributed by atoms with Gasteiger partial charge in [-0.3, -0.25) is 0 Å². The number of halogens is 2. The van der Waals surface area contributed by atoms with Crippen molar-refractivity contribution in [3.8, 4) is 0 Å². The molecule has 27 heavy (non-hydrogen) atoms.